The number of fused-ring (bicyclic) bond motifs is 1. The van der Waals surface area contributed by atoms with Crippen molar-refractivity contribution >= 4 is 23.2 Å². The minimum Gasteiger partial charge on any atom is -0.287 e. The molecule has 3 rings (SSSR count). The van der Waals surface area contributed by atoms with Crippen molar-refractivity contribution in [3.63, 3.8) is 0 Å². The van der Waals surface area contributed by atoms with Crippen molar-refractivity contribution in [1.29, 1.82) is 0 Å². The Morgan fingerprint density at radius 1 is 1.05 bits per heavy atom. The summed E-state index contributed by atoms with van der Waals surface area (Å²) in [4.78, 5) is 5.26. The number of rotatable bonds is 3. The molecule has 1 atom stereocenters. The van der Waals surface area contributed by atoms with Crippen LogP contribution in [0.4, 0.5) is 0 Å². The van der Waals surface area contributed by atoms with Gasteiger partial charge in [0.2, 0.25) is 0 Å². The molecule has 0 unspecified atom stereocenters. The normalized spacial score (nSPS) is 24.6. The van der Waals surface area contributed by atoms with E-state index in [4.69, 9.17) is 23.2 Å². The molecule has 2 fully saturated rings. The highest BCUT2D eigenvalue weighted by molar-refractivity contribution is 6.42. The maximum atomic E-state index is 6.07. The Bertz CT molecular complexity index is 450. The Morgan fingerprint density at radius 3 is 2.79 bits per heavy atom. The Morgan fingerprint density at radius 2 is 1.95 bits per heavy atom. The summed E-state index contributed by atoms with van der Waals surface area (Å²) in [5, 5.41) is 1.31. The molecule has 1 aromatic carbocycles. The van der Waals surface area contributed by atoms with Crippen molar-refractivity contribution in [2.24, 2.45) is 0 Å². The fourth-order valence-electron chi connectivity index (χ4n) is 3.28. The summed E-state index contributed by atoms with van der Waals surface area (Å²) < 4.78 is 0. The molecule has 4 heteroatoms. The molecular formula is C15H20Cl2N2. The third-order valence-corrected chi connectivity index (χ3v) is 5.09. The molecule has 0 amide bonds. The lowest BCUT2D eigenvalue weighted by Gasteiger charge is -2.34. The van der Waals surface area contributed by atoms with E-state index >= 15 is 0 Å². The smallest absolute Gasteiger partial charge is 0.0623 e. The minimum atomic E-state index is 0.644. The van der Waals surface area contributed by atoms with E-state index in [-0.39, 0.29) is 0 Å². The predicted molar refractivity (Wildman–Crippen MR) is 81.0 cm³/mol. The van der Waals surface area contributed by atoms with Gasteiger partial charge in [0.15, 0.2) is 0 Å². The highest BCUT2D eigenvalue weighted by atomic mass is 35.5. The van der Waals surface area contributed by atoms with Gasteiger partial charge in [0.1, 0.15) is 0 Å². The molecule has 2 aliphatic rings. The fraction of sp³-hybridized carbons (Fsp3) is 0.600. The van der Waals surface area contributed by atoms with Crippen molar-refractivity contribution in [3.05, 3.63) is 33.8 Å². The number of hydrogen-bond donors (Lipinski definition) is 0. The first-order valence-corrected chi connectivity index (χ1v) is 7.92. The average Bonchev–Trinajstić information content (AvgIpc) is 2.83. The van der Waals surface area contributed by atoms with E-state index in [2.05, 4.69) is 15.9 Å². The summed E-state index contributed by atoms with van der Waals surface area (Å²) in [7, 11) is 0. The summed E-state index contributed by atoms with van der Waals surface area (Å²) in [5.74, 6) is 0. The minimum absolute atomic E-state index is 0.644. The molecule has 104 valence electrons. The van der Waals surface area contributed by atoms with Crippen molar-refractivity contribution < 1.29 is 0 Å². The second-order valence-electron chi connectivity index (χ2n) is 5.55. The fourth-order valence-corrected chi connectivity index (χ4v) is 3.60. The SMILES string of the molecule is Clc1ccc(CCN2CCN3CCCC[C@@H]32)cc1Cl. The molecule has 0 spiro atoms. The molecule has 0 saturated carbocycles. The Balaban J connectivity index is 1.58. The van der Waals surface area contributed by atoms with Crippen LogP contribution in [0.2, 0.25) is 10.0 Å². The van der Waals surface area contributed by atoms with Crippen molar-refractivity contribution in [1.82, 2.24) is 9.80 Å². The Labute approximate surface area is 125 Å². The molecule has 0 aliphatic carbocycles. The van der Waals surface area contributed by atoms with Gasteiger partial charge in [0, 0.05) is 19.6 Å². The zero-order valence-corrected chi connectivity index (χ0v) is 12.6. The lowest BCUT2D eigenvalue weighted by molar-refractivity contribution is 0.0989. The third kappa shape index (κ3) is 3.08. The van der Waals surface area contributed by atoms with Crippen molar-refractivity contribution in [2.45, 2.75) is 31.8 Å². The first kappa shape index (κ1) is 13.7. The van der Waals surface area contributed by atoms with Crippen LogP contribution in [0.5, 0.6) is 0 Å². The monoisotopic (exact) mass is 298 g/mol. The van der Waals surface area contributed by atoms with Crippen LogP contribution in [-0.2, 0) is 6.42 Å². The van der Waals surface area contributed by atoms with Gasteiger partial charge in [0.05, 0.1) is 16.2 Å². The molecule has 2 aliphatic heterocycles. The molecule has 19 heavy (non-hydrogen) atoms. The molecule has 0 bridgehead atoms. The molecule has 0 radical (unpaired) electrons. The Kier molecular flexibility index (Phi) is 4.33. The van der Waals surface area contributed by atoms with E-state index < -0.39 is 0 Å². The van der Waals surface area contributed by atoms with Crippen LogP contribution < -0.4 is 0 Å². The average molecular weight is 299 g/mol. The number of piperidine rings is 1. The zero-order valence-electron chi connectivity index (χ0n) is 11.1. The summed E-state index contributed by atoms with van der Waals surface area (Å²) in [6.07, 6.45) is 5.83. The topological polar surface area (TPSA) is 6.48 Å². The first-order chi connectivity index (χ1) is 9.24. The maximum absolute atomic E-state index is 6.07. The quantitative estimate of drug-likeness (QED) is 0.840. The van der Waals surface area contributed by atoms with Gasteiger partial charge in [-0.2, -0.15) is 0 Å². The van der Waals surface area contributed by atoms with E-state index in [0.29, 0.717) is 16.2 Å². The molecule has 0 aromatic heterocycles. The lowest BCUT2D eigenvalue weighted by Crippen LogP contribution is -2.42. The van der Waals surface area contributed by atoms with Crippen LogP contribution in [0.25, 0.3) is 0 Å². The summed E-state index contributed by atoms with van der Waals surface area (Å²) >= 11 is 12.0. The highest BCUT2D eigenvalue weighted by Gasteiger charge is 2.32. The van der Waals surface area contributed by atoms with Gasteiger partial charge in [-0.05, 0) is 49.9 Å². The van der Waals surface area contributed by atoms with Crippen LogP contribution >= 0.6 is 23.2 Å². The van der Waals surface area contributed by atoms with Gasteiger partial charge < -0.3 is 0 Å². The standard InChI is InChI=1S/C15H20Cl2N2/c16-13-5-4-12(11-14(13)17)6-8-19-10-9-18-7-2-1-3-15(18)19/h4-5,11,15H,1-3,6-10H2/t15-/m0/s1. The van der Waals surface area contributed by atoms with E-state index in [0.717, 1.165) is 13.0 Å². The van der Waals surface area contributed by atoms with Crippen LogP contribution in [-0.4, -0.2) is 42.1 Å². The number of halogens is 2. The largest absolute Gasteiger partial charge is 0.287 e. The number of benzene rings is 1. The van der Waals surface area contributed by atoms with Gasteiger partial charge >= 0.3 is 0 Å². The maximum Gasteiger partial charge on any atom is 0.0623 e. The zero-order chi connectivity index (χ0) is 13.2. The number of nitrogens with zero attached hydrogens (tertiary/aromatic N) is 2. The summed E-state index contributed by atoms with van der Waals surface area (Å²) in [6, 6.07) is 5.98. The molecule has 1 aromatic rings. The molecule has 0 N–H and O–H groups in total. The highest BCUT2D eigenvalue weighted by Crippen LogP contribution is 2.26. The van der Waals surface area contributed by atoms with Crippen LogP contribution in [0.3, 0.4) is 0 Å². The lowest BCUT2D eigenvalue weighted by atomic mass is 10.1. The van der Waals surface area contributed by atoms with Crippen molar-refractivity contribution in [2.75, 3.05) is 26.2 Å². The molecule has 2 saturated heterocycles. The second-order valence-corrected chi connectivity index (χ2v) is 6.36. The van der Waals surface area contributed by atoms with E-state index in [9.17, 15) is 0 Å². The van der Waals surface area contributed by atoms with E-state index in [1.807, 2.05) is 12.1 Å². The summed E-state index contributed by atoms with van der Waals surface area (Å²) in [5.41, 5.74) is 1.28. The predicted octanol–water partition coefficient (Wildman–Crippen LogP) is 3.66. The van der Waals surface area contributed by atoms with Gasteiger partial charge in [-0.3, -0.25) is 9.80 Å². The van der Waals surface area contributed by atoms with Crippen molar-refractivity contribution in [3.8, 4) is 0 Å². The molecule has 2 nitrogen and oxygen atoms in total. The third-order valence-electron chi connectivity index (χ3n) is 4.35. The number of hydrogen-bond acceptors (Lipinski definition) is 2. The Hall–Kier alpha value is -0.280. The van der Waals surface area contributed by atoms with Crippen LogP contribution in [0.15, 0.2) is 18.2 Å². The van der Waals surface area contributed by atoms with E-state index in [1.54, 1.807) is 0 Å². The van der Waals surface area contributed by atoms with E-state index in [1.165, 1.54) is 44.5 Å². The van der Waals surface area contributed by atoms with Gasteiger partial charge in [0.25, 0.3) is 0 Å². The van der Waals surface area contributed by atoms with Gasteiger partial charge in [-0.25, -0.2) is 0 Å². The van der Waals surface area contributed by atoms with Crippen LogP contribution in [0.1, 0.15) is 24.8 Å². The summed E-state index contributed by atoms with van der Waals surface area (Å²) in [6.45, 7) is 4.87. The van der Waals surface area contributed by atoms with Gasteiger partial charge in [-0.1, -0.05) is 29.3 Å². The first-order valence-electron chi connectivity index (χ1n) is 7.16. The molecular weight excluding hydrogens is 279 g/mol. The molecule has 2 heterocycles. The van der Waals surface area contributed by atoms with Crippen LogP contribution in [0, 0.1) is 0 Å². The van der Waals surface area contributed by atoms with Gasteiger partial charge in [-0.15, -0.1) is 0 Å². The second kappa shape index (κ2) is 6.01.